The van der Waals surface area contributed by atoms with Gasteiger partial charge in [0.25, 0.3) is 0 Å². The Morgan fingerprint density at radius 2 is 2.17 bits per heavy atom. The second-order valence-electron chi connectivity index (χ2n) is 2.32. The molecule has 0 saturated heterocycles. The smallest absolute Gasteiger partial charge is 0.325 e. The molecule has 0 aliphatic heterocycles. The number of hydrogen-bond donors (Lipinski definition) is 0. The van der Waals surface area contributed by atoms with Crippen molar-refractivity contribution in [3.8, 4) is 0 Å². The zero-order valence-electron chi connectivity index (χ0n) is 7.37. The van der Waals surface area contributed by atoms with Crippen LogP contribution in [-0.4, -0.2) is 37.5 Å². The fourth-order valence-electron chi connectivity index (χ4n) is 0.626. The lowest BCUT2D eigenvalue weighted by Gasteiger charge is -2.13. The first-order chi connectivity index (χ1) is 5.61. The number of rotatable bonds is 4. The summed E-state index contributed by atoms with van der Waals surface area (Å²) < 4.78 is 4.39. The molecule has 0 fully saturated rings. The number of ether oxygens (including phenoxy) is 1. The van der Waals surface area contributed by atoms with E-state index < -0.39 is 5.97 Å². The monoisotopic (exact) mass is 171 g/mol. The Kier molecular flexibility index (Phi) is 4.76. The molecular formula is C8H13NO3. The molecule has 0 radical (unpaired) electrons. The van der Waals surface area contributed by atoms with Crippen LogP contribution in [0.3, 0.4) is 0 Å². The van der Waals surface area contributed by atoms with E-state index in [2.05, 4.69) is 11.3 Å². The zero-order chi connectivity index (χ0) is 9.56. The van der Waals surface area contributed by atoms with Crippen molar-refractivity contribution in [2.75, 3.05) is 20.7 Å². The first-order valence-electron chi connectivity index (χ1n) is 3.53. The van der Waals surface area contributed by atoms with Gasteiger partial charge in [-0.05, 0) is 0 Å². The summed E-state index contributed by atoms with van der Waals surface area (Å²) in [4.78, 5) is 23.0. The van der Waals surface area contributed by atoms with Crippen molar-refractivity contribution in [3.05, 3.63) is 12.7 Å². The summed E-state index contributed by atoms with van der Waals surface area (Å²) in [6.45, 7) is 3.41. The van der Waals surface area contributed by atoms with Gasteiger partial charge < -0.3 is 9.64 Å². The van der Waals surface area contributed by atoms with Gasteiger partial charge >= 0.3 is 5.97 Å². The molecular weight excluding hydrogens is 158 g/mol. The molecule has 0 saturated carbocycles. The predicted octanol–water partition coefficient (Wildman–Crippen LogP) is 0.194. The van der Waals surface area contributed by atoms with Gasteiger partial charge in [-0.15, -0.1) is 6.58 Å². The minimum absolute atomic E-state index is 0.0107. The molecule has 0 aromatic carbocycles. The fraction of sp³-hybridized carbons (Fsp3) is 0.500. The third-order valence-corrected chi connectivity index (χ3v) is 1.34. The molecule has 0 heterocycles. The first-order valence-corrected chi connectivity index (χ1v) is 3.53. The van der Waals surface area contributed by atoms with E-state index in [1.54, 1.807) is 7.05 Å². The van der Waals surface area contributed by atoms with Crippen LogP contribution in [0.2, 0.25) is 0 Å². The average Bonchev–Trinajstić information content (AvgIpc) is 2.04. The molecule has 0 spiro atoms. The molecule has 0 atom stereocenters. The summed E-state index contributed by atoms with van der Waals surface area (Å²) in [6.07, 6.45) is 1.74. The van der Waals surface area contributed by atoms with E-state index >= 15 is 0 Å². The second kappa shape index (κ2) is 5.35. The maximum atomic E-state index is 11.0. The van der Waals surface area contributed by atoms with Gasteiger partial charge in [-0.2, -0.15) is 0 Å². The van der Waals surface area contributed by atoms with Crippen molar-refractivity contribution in [3.63, 3.8) is 0 Å². The van der Waals surface area contributed by atoms with Crippen LogP contribution in [0.4, 0.5) is 0 Å². The molecule has 68 valence electrons. The number of amides is 1. The fourth-order valence-corrected chi connectivity index (χ4v) is 0.626. The Labute approximate surface area is 71.8 Å². The Morgan fingerprint density at radius 1 is 1.58 bits per heavy atom. The molecule has 4 nitrogen and oxygen atoms in total. The lowest BCUT2D eigenvalue weighted by molar-refractivity contribution is -0.145. The van der Waals surface area contributed by atoms with Crippen molar-refractivity contribution in [2.45, 2.75) is 6.42 Å². The van der Waals surface area contributed by atoms with Gasteiger partial charge in [-0.3, -0.25) is 9.59 Å². The quantitative estimate of drug-likeness (QED) is 0.448. The van der Waals surface area contributed by atoms with E-state index in [1.165, 1.54) is 18.1 Å². The van der Waals surface area contributed by atoms with Crippen molar-refractivity contribution < 1.29 is 14.3 Å². The van der Waals surface area contributed by atoms with Gasteiger partial charge in [-0.1, -0.05) is 6.08 Å². The van der Waals surface area contributed by atoms with E-state index in [1.807, 2.05) is 0 Å². The molecule has 0 aromatic rings. The van der Waals surface area contributed by atoms with Crippen molar-refractivity contribution >= 4 is 11.9 Å². The molecule has 0 bridgehead atoms. The van der Waals surface area contributed by atoms with E-state index in [-0.39, 0.29) is 18.9 Å². The minimum atomic E-state index is -0.421. The minimum Gasteiger partial charge on any atom is -0.468 e. The third-order valence-electron chi connectivity index (χ3n) is 1.34. The summed E-state index contributed by atoms with van der Waals surface area (Å²) in [5, 5.41) is 0. The van der Waals surface area contributed by atoms with Crippen LogP contribution < -0.4 is 0 Å². The Morgan fingerprint density at radius 3 is 2.58 bits per heavy atom. The van der Waals surface area contributed by atoms with Gasteiger partial charge in [0.05, 0.1) is 7.11 Å². The molecule has 0 aromatic heterocycles. The average molecular weight is 171 g/mol. The normalized spacial score (nSPS) is 8.83. The van der Waals surface area contributed by atoms with Gasteiger partial charge in [0.15, 0.2) is 0 Å². The van der Waals surface area contributed by atoms with Gasteiger partial charge in [-0.25, -0.2) is 0 Å². The van der Waals surface area contributed by atoms with Crippen LogP contribution in [0, 0.1) is 0 Å². The van der Waals surface area contributed by atoms with Crippen LogP contribution in [0.5, 0.6) is 0 Å². The number of likely N-dealkylation sites (N-methyl/N-ethyl adjacent to an activating group) is 1. The van der Waals surface area contributed by atoms with Crippen molar-refractivity contribution in [1.29, 1.82) is 0 Å². The molecule has 0 aliphatic carbocycles. The topological polar surface area (TPSA) is 46.6 Å². The van der Waals surface area contributed by atoms with Gasteiger partial charge in [0.1, 0.15) is 6.54 Å². The highest BCUT2D eigenvalue weighted by molar-refractivity contribution is 5.82. The summed E-state index contributed by atoms with van der Waals surface area (Å²) in [7, 11) is 2.83. The lowest BCUT2D eigenvalue weighted by Crippen LogP contribution is -2.32. The molecule has 12 heavy (non-hydrogen) atoms. The number of esters is 1. The molecule has 0 rings (SSSR count). The zero-order valence-corrected chi connectivity index (χ0v) is 7.37. The second-order valence-corrected chi connectivity index (χ2v) is 2.32. The van der Waals surface area contributed by atoms with E-state index in [9.17, 15) is 9.59 Å². The molecule has 0 aliphatic rings. The highest BCUT2D eigenvalue weighted by atomic mass is 16.5. The number of carbonyl (C=O) groups excluding carboxylic acids is 2. The Balaban J connectivity index is 3.85. The summed E-state index contributed by atoms with van der Waals surface area (Å²) in [6, 6.07) is 0. The third kappa shape index (κ3) is 3.75. The summed E-state index contributed by atoms with van der Waals surface area (Å²) in [5.74, 6) is -0.565. The highest BCUT2D eigenvalue weighted by Gasteiger charge is 2.10. The van der Waals surface area contributed by atoms with E-state index in [4.69, 9.17) is 0 Å². The largest absolute Gasteiger partial charge is 0.468 e. The van der Waals surface area contributed by atoms with Crippen LogP contribution in [0.25, 0.3) is 0 Å². The SMILES string of the molecule is C=CCC(=O)N(C)CC(=O)OC. The van der Waals surface area contributed by atoms with Crippen molar-refractivity contribution in [1.82, 2.24) is 4.90 Å². The maximum Gasteiger partial charge on any atom is 0.325 e. The van der Waals surface area contributed by atoms with Crippen LogP contribution in [-0.2, 0) is 14.3 Å². The highest BCUT2D eigenvalue weighted by Crippen LogP contribution is 1.91. The first kappa shape index (κ1) is 10.7. The van der Waals surface area contributed by atoms with Crippen LogP contribution >= 0.6 is 0 Å². The number of carbonyl (C=O) groups is 2. The molecule has 0 unspecified atom stereocenters. The van der Waals surface area contributed by atoms with Gasteiger partial charge in [0.2, 0.25) is 5.91 Å². The predicted molar refractivity (Wildman–Crippen MR) is 44.5 cm³/mol. The number of methoxy groups -OCH3 is 1. The number of nitrogens with zero attached hydrogens (tertiary/aromatic N) is 1. The van der Waals surface area contributed by atoms with E-state index in [0.717, 1.165) is 0 Å². The van der Waals surface area contributed by atoms with Crippen LogP contribution in [0.1, 0.15) is 6.42 Å². The maximum absolute atomic E-state index is 11.0. The molecule has 1 amide bonds. The van der Waals surface area contributed by atoms with Crippen LogP contribution in [0.15, 0.2) is 12.7 Å². The Hall–Kier alpha value is -1.32. The summed E-state index contributed by atoms with van der Waals surface area (Å²) in [5.41, 5.74) is 0. The summed E-state index contributed by atoms with van der Waals surface area (Å²) >= 11 is 0. The molecule has 4 heteroatoms. The Bertz CT molecular complexity index is 189. The van der Waals surface area contributed by atoms with Crippen molar-refractivity contribution in [2.24, 2.45) is 0 Å². The number of hydrogen-bond acceptors (Lipinski definition) is 3. The van der Waals surface area contributed by atoms with E-state index in [0.29, 0.717) is 0 Å². The van der Waals surface area contributed by atoms with Gasteiger partial charge in [0, 0.05) is 13.5 Å². The standard InChI is InChI=1S/C8H13NO3/c1-4-5-7(10)9(2)6-8(11)12-3/h4H,1,5-6H2,2-3H3. The molecule has 0 N–H and O–H groups in total. The lowest BCUT2D eigenvalue weighted by atomic mass is 10.3.